The van der Waals surface area contributed by atoms with Gasteiger partial charge >= 0.3 is 0 Å². The average Bonchev–Trinajstić information content (AvgIpc) is 3.24. The van der Waals surface area contributed by atoms with Crippen molar-refractivity contribution in [1.82, 2.24) is 20.8 Å². The molecule has 144 valence electrons. The maximum atomic E-state index is 5.68. The van der Waals surface area contributed by atoms with E-state index in [1.165, 1.54) is 0 Å². The monoisotopic (exact) mass is 467 g/mol. The Morgan fingerprint density at radius 3 is 2.76 bits per heavy atom. The van der Waals surface area contributed by atoms with E-state index in [1.807, 2.05) is 6.92 Å². The first kappa shape index (κ1) is 22.1. The summed E-state index contributed by atoms with van der Waals surface area (Å²) in [6.45, 7) is 6.76. The Balaban J connectivity index is 0.00000312. The Kier molecular flexibility index (Phi) is 11.7. The van der Waals surface area contributed by atoms with E-state index in [0.717, 1.165) is 71.2 Å². The van der Waals surface area contributed by atoms with Crippen molar-refractivity contribution in [1.29, 1.82) is 0 Å². The molecule has 1 aromatic heterocycles. The fourth-order valence-electron chi connectivity index (χ4n) is 2.45. The smallest absolute Gasteiger partial charge is 0.226 e. The first-order valence-electron chi connectivity index (χ1n) is 8.67. The van der Waals surface area contributed by atoms with Gasteiger partial charge in [-0.15, -0.1) is 24.0 Å². The highest BCUT2D eigenvalue weighted by molar-refractivity contribution is 14.0. The van der Waals surface area contributed by atoms with Crippen molar-refractivity contribution < 1.29 is 14.0 Å². The predicted octanol–water partition coefficient (Wildman–Crippen LogP) is 1.54. The first-order valence-corrected chi connectivity index (χ1v) is 8.67. The third-order valence-electron chi connectivity index (χ3n) is 3.79. The van der Waals surface area contributed by atoms with Crippen molar-refractivity contribution in [2.75, 3.05) is 46.6 Å². The van der Waals surface area contributed by atoms with E-state index < -0.39 is 0 Å². The molecular formula is C16H30IN5O3. The summed E-state index contributed by atoms with van der Waals surface area (Å²) in [7, 11) is 1.77. The number of aromatic nitrogens is 2. The van der Waals surface area contributed by atoms with Gasteiger partial charge in [0.25, 0.3) is 0 Å². The van der Waals surface area contributed by atoms with Gasteiger partial charge in [-0.2, -0.15) is 4.98 Å². The minimum atomic E-state index is 0. The number of guanidine groups is 1. The molecule has 1 aromatic rings. The van der Waals surface area contributed by atoms with Gasteiger partial charge in [0.15, 0.2) is 11.8 Å². The van der Waals surface area contributed by atoms with Gasteiger partial charge < -0.3 is 24.6 Å². The van der Waals surface area contributed by atoms with E-state index in [4.69, 9.17) is 14.0 Å². The lowest BCUT2D eigenvalue weighted by Gasteiger charge is -2.12. The van der Waals surface area contributed by atoms with Crippen molar-refractivity contribution in [3.63, 3.8) is 0 Å². The van der Waals surface area contributed by atoms with Crippen LogP contribution in [0.4, 0.5) is 0 Å². The molecular weight excluding hydrogens is 437 g/mol. The average molecular weight is 467 g/mol. The molecule has 1 unspecified atom stereocenters. The third-order valence-corrected chi connectivity index (χ3v) is 3.79. The van der Waals surface area contributed by atoms with Crippen LogP contribution in [0.15, 0.2) is 9.52 Å². The normalized spacial score (nSPS) is 17.4. The van der Waals surface area contributed by atoms with Crippen molar-refractivity contribution in [2.24, 2.45) is 10.9 Å². The number of ether oxygens (including phenoxy) is 2. The number of hydrogen-bond acceptors (Lipinski definition) is 6. The van der Waals surface area contributed by atoms with Gasteiger partial charge in [-0.1, -0.05) is 5.16 Å². The lowest BCUT2D eigenvalue weighted by molar-refractivity contribution is 0.0888. The topological polar surface area (TPSA) is 93.8 Å². The maximum Gasteiger partial charge on any atom is 0.226 e. The highest BCUT2D eigenvalue weighted by atomic mass is 127. The van der Waals surface area contributed by atoms with Crippen molar-refractivity contribution in [3.8, 4) is 0 Å². The van der Waals surface area contributed by atoms with Gasteiger partial charge in [0.1, 0.15) is 0 Å². The Morgan fingerprint density at radius 2 is 2.12 bits per heavy atom. The number of aliphatic imine (C=N–C) groups is 1. The molecule has 0 aromatic carbocycles. The van der Waals surface area contributed by atoms with Gasteiger partial charge in [0, 0.05) is 45.7 Å². The van der Waals surface area contributed by atoms with E-state index in [2.05, 4.69) is 25.8 Å². The maximum absolute atomic E-state index is 5.68. The van der Waals surface area contributed by atoms with Crippen LogP contribution in [-0.2, 0) is 15.9 Å². The quantitative estimate of drug-likeness (QED) is 0.233. The van der Waals surface area contributed by atoms with Gasteiger partial charge in [-0.05, 0) is 26.2 Å². The fourth-order valence-corrected chi connectivity index (χ4v) is 2.45. The second-order valence-corrected chi connectivity index (χ2v) is 5.92. The van der Waals surface area contributed by atoms with Crippen molar-refractivity contribution in [2.45, 2.75) is 32.6 Å². The van der Waals surface area contributed by atoms with E-state index in [0.29, 0.717) is 17.6 Å². The zero-order chi connectivity index (χ0) is 17.0. The number of nitrogens with zero attached hydrogens (tertiary/aromatic N) is 3. The van der Waals surface area contributed by atoms with Crippen LogP contribution in [0.3, 0.4) is 0 Å². The molecule has 0 aliphatic carbocycles. The summed E-state index contributed by atoms with van der Waals surface area (Å²) in [6.07, 6.45) is 3.76. The highest BCUT2D eigenvalue weighted by Gasteiger charge is 2.15. The van der Waals surface area contributed by atoms with Crippen molar-refractivity contribution in [3.05, 3.63) is 11.7 Å². The second-order valence-electron chi connectivity index (χ2n) is 5.92. The van der Waals surface area contributed by atoms with Gasteiger partial charge in [0.2, 0.25) is 5.89 Å². The predicted molar refractivity (Wildman–Crippen MR) is 106 cm³/mol. The molecule has 9 heteroatoms. The molecule has 0 radical (unpaired) electrons. The van der Waals surface area contributed by atoms with Crippen LogP contribution >= 0.6 is 24.0 Å². The van der Waals surface area contributed by atoms with Crippen LogP contribution in [0, 0.1) is 12.8 Å². The Hall–Kier alpha value is -0.940. The molecule has 2 heterocycles. The van der Waals surface area contributed by atoms with Crippen LogP contribution in [0.5, 0.6) is 0 Å². The lowest BCUT2D eigenvalue weighted by Crippen LogP contribution is -2.38. The Labute approximate surface area is 166 Å². The summed E-state index contributed by atoms with van der Waals surface area (Å²) >= 11 is 0. The zero-order valence-electron chi connectivity index (χ0n) is 15.1. The molecule has 2 N–H and O–H groups in total. The minimum Gasteiger partial charge on any atom is -0.381 e. The molecule has 0 bridgehead atoms. The molecule has 1 fully saturated rings. The molecule has 1 aliphatic heterocycles. The van der Waals surface area contributed by atoms with Crippen LogP contribution in [0.2, 0.25) is 0 Å². The van der Waals surface area contributed by atoms with Crippen LogP contribution in [0.1, 0.15) is 31.0 Å². The van der Waals surface area contributed by atoms with E-state index in [-0.39, 0.29) is 24.0 Å². The molecule has 2 rings (SSSR count). The molecule has 1 atom stereocenters. The fraction of sp³-hybridized carbons (Fsp3) is 0.812. The third kappa shape index (κ3) is 9.36. The number of rotatable bonds is 10. The standard InChI is InChI=1S/C16H29N5O3.HI/c1-13-20-15(24-21-13)5-3-7-18-16(17-2)19-8-4-9-22-11-14-6-10-23-12-14;/h14H,3-12H2,1-2H3,(H2,17,18,19);1H. The molecule has 0 amide bonds. The summed E-state index contributed by atoms with van der Waals surface area (Å²) in [5, 5.41) is 10.3. The Morgan fingerprint density at radius 1 is 1.32 bits per heavy atom. The lowest BCUT2D eigenvalue weighted by atomic mass is 10.1. The summed E-state index contributed by atoms with van der Waals surface area (Å²) in [4.78, 5) is 8.38. The van der Waals surface area contributed by atoms with Gasteiger partial charge in [-0.3, -0.25) is 4.99 Å². The molecule has 25 heavy (non-hydrogen) atoms. The molecule has 1 saturated heterocycles. The molecule has 0 saturated carbocycles. The van der Waals surface area contributed by atoms with Gasteiger partial charge in [-0.25, -0.2) is 0 Å². The largest absolute Gasteiger partial charge is 0.381 e. The zero-order valence-corrected chi connectivity index (χ0v) is 17.5. The highest BCUT2D eigenvalue weighted by Crippen LogP contribution is 2.12. The molecule has 8 nitrogen and oxygen atoms in total. The van der Waals surface area contributed by atoms with Crippen LogP contribution < -0.4 is 10.6 Å². The number of aryl methyl sites for hydroxylation is 2. The van der Waals surface area contributed by atoms with E-state index >= 15 is 0 Å². The summed E-state index contributed by atoms with van der Waals surface area (Å²) in [5.74, 6) is 2.75. The van der Waals surface area contributed by atoms with Crippen LogP contribution in [0.25, 0.3) is 0 Å². The summed E-state index contributed by atoms with van der Waals surface area (Å²) in [6, 6.07) is 0. The summed E-state index contributed by atoms with van der Waals surface area (Å²) in [5.41, 5.74) is 0. The molecule has 1 aliphatic rings. The van der Waals surface area contributed by atoms with E-state index in [1.54, 1.807) is 7.05 Å². The van der Waals surface area contributed by atoms with Crippen molar-refractivity contribution >= 4 is 29.9 Å². The number of nitrogens with one attached hydrogen (secondary N) is 2. The number of hydrogen-bond donors (Lipinski definition) is 2. The van der Waals surface area contributed by atoms with Gasteiger partial charge in [0.05, 0.1) is 13.2 Å². The SMILES string of the molecule is CN=C(NCCCOCC1CCOC1)NCCCc1nc(C)no1.I. The first-order chi connectivity index (χ1) is 11.8. The second kappa shape index (κ2) is 13.3. The van der Waals surface area contributed by atoms with Crippen LogP contribution in [-0.4, -0.2) is 62.7 Å². The number of halogens is 1. The minimum absolute atomic E-state index is 0. The summed E-state index contributed by atoms with van der Waals surface area (Å²) < 4.78 is 16.1. The molecule has 0 spiro atoms. The van der Waals surface area contributed by atoms with E-state index in [9.17, 15) is 0 Å². The Bertz CT molecular complexity index is 492.